The van der Waals surface area contributed by atoms with Crippen molar-refractivity contribution < 1.29 is 4.79 Å². The number of rotatable bonds is 3. The molecule has 6 heteroatoms. The van der Waals surface area contributed by atoms with Crippen molar-refractivity contribution in [1.29, 1.82) is 0 Å². The highest BCUT2D eigenvalue weighted by atomic mass is 32.2. The molecule has 0 aliphatic heterocycles. The van der Waals surface area contributed by atoms with Crippen LogP contribution in [0.4, 0.5) is 5.69 Å². The normalized spacial score (nSPS) is 10.7. The van der Waals surface area contributed by atoms with Gasteiger partial charge in [0.25, 0.3) is 5.91 Å². The van der Waals surface area contributed by atoms with E-state index in [0.717, 1.165) is 10.3 Å². The van der Waals surface area contributed by atoms with Gasteiger partial charge < -0.3 is 5.32 Å². The number of carbonyl (C=O) groups is 1. The van der Waals surface area contributed by atoms with Crippen LogP contribution in [0.25, 0.3) is 11.0 Å². The molecule has 0 aliphatic rings. The lowest BCUT2D eigenvalue weighted by molar-refractivity contribution is 0.102. The lowest BCUT2D eigenvalue weighted by Crippen LogP contribution is -2.13. The molecule has 3 rings (SSSR count). The number of hydrogen-bond acceptors (Lipinski definition) is 4. The molecule has 0 radical (unpaired) electrons. The van der Waals surface area contributed by atoms with E-state index < -0.39 is 0 Å². The number of H-pyrrole nitrogens is 1. The molecule has 100 valence electrons. The summed E-state index contributed by atoms with van der Waals surface area (Å²) >= 11 is 1.55. The van der Waals surface area contributed by atoms with Gasteiger partial charge in [-0.15, -0.1) is 11.8 Å². The van der Waals surface area contributed by atoms with Crippen LogP contribution >= 0.6 is 11.8 Å². The Balaban J connectivity index is 1.95. The first kappa shape index (κ1) is 12.7. The lowest BCUT2D eigenvalue weighted by Gasteiger charge is -2.08. The number of fused-ring (bicyclic) bond motifs is 1. The second-order valence-corrected chi connectivity index (χ2v) is 4.99. The highest BCUT2D eigenvalue weighted by molar-refractivity contribution is 7.98. The number of pyridine rings is 1. The Bertz CT molecular complexity index is 768. The van der Waals surface area contributed by atoms with Crippen LogP contribution in [0.2, 0.25) is 0 Å². The number of aromatic amines is 1. The number of amides is 1. The van der Waals surface area contributed by atoms with Gasteiger partial charge in [-0.3, -0.25) is 9.89 Å². The Hall–Kier alpha value is -2.34. The summed E-state index contributed by atoms with van der Waals surface area (Å²) in [4.78, 5) is 17.5. The van der Waals surface area contributed by atoms with Crippen molar-refractivity contribution in [2.24, 2.45) is 0 Å². The summed E-state index contributed by atoms with van der Waals surface area (Å²) in [6.07, 6.45) is 5.24. The van der Waals surface area contributed by atoms with Gasteiger partial charge in [0, 0.05) is 11.1 Å². The van der Waals surface area contributed by atoms with Crippen molar-refractivity contribution in [2.45, 2.75) is 4.90 Å². The van der Waals surface area contributed by atoms with Crippen LogP contribution in [0.1, 0.15) is 10.4 Å². The SMILES string of the molecule is CSc1ccccc1C(=O)Nc1ccnc2[nH]ncc12. The number of nitrogens with one attached hydrogen (secondary N) is 2. The van der Waals surface area contributed by atoms with Gasteiger partial charge in [-0.25, -0.2) is 4.98 Å². The highest BCUT2D eigenvalue weighted by Crippen LogP contribution is 2.23. The topological polar surface area (TPSA) is 70.7 Å². The predicted molar refractivity (Wildman–Crippen MR) is 80.1 cm³/mol. The molecular formula is C14H12N4OS. The predicted octanol–water partition coefficient (Wildman–Crippen LogP) is 2.93. The third-order valence-corrected chi connectivity index (χ3v) is 3.75. The number of benzene rings is 1. The summed E-state index contributed by atoms with van der Waals surface area (Å²) in [6, 6.07) is 9.28. The fourth-order valence-electron chi connectivity index (χ4n) is 1.98. The average Bonchev–Trinajstić information content (AvgIpc) is 2.96. The molecule has 0 aliphatic carbocycles. The number of carbonyl (C=O) groups excluding carboxylic acids is 1. The molecule has 0 bridgehead atoms. The minimum Gasteiger partial charge on any atom is -0.321 e. The Labute approximate surface area is 119 Å². The first-order chi connectivity index (χ1) is 9.79. The zero-order chi connectivity index (χ0) is 13.9. The van der Waals surface area contributed by atoms with Gasteiger partial charge >= 0.3 is 0 Å². The third-order valence-electron chi connectivity index (χ3n) is 2.95. The fourth-order valence-corrected chi connectivity index (χ4v) is 2.58. The molecule has 1 amide bonds. The molecule has 0 spiro atoms. The number of nitrogens with zero attached hydrogens (tertiary/aromatic N) is 2. The van der Waals surface area contributed by atoms with E-state index >= 15 is 0 Å². The van der Waals surface area contributed by atoms with Crippen LogP contribution in [-0.2, 0) is 0 Å². The molecule has 0 saturated heterocycles. The first-order valence-electron chi connectivity index (χ1n) is 6.02. The molecule has 0 unspecified atom stereocenters. The summed E-state index contributed by atoms with van der Waals surface area (Å²) in [5.74, 6) is -0.136. The van der Waals surface area contributed by atoms with Crippen molar-refractivity contribution >= 4 is 34.4 Å². The summed E-state index contributed by atoms with van der Waals surface area (Å²) in [5, 5.41) is 10.4. The highest BCUT2D eigenvalue weighted by Gasteiger charge is 2.12. The molecule has 2 aromatic heterocycles. The maximum Gasteiger partial charge on any atom is 0.256 e. The van der Waals surface area contributed by atoms with Crippen molar-refractivity contribution in [3.8, 4) is 0 Å². The molecule has 2 heterocycles. The van der Waals surface area contributed by atoms with E-state index in [4.69, 9.17) is 0 Å². The smallest absolute Gasteiger partial charge is 0.256 e. The molecule has 2 N–H and O–H groups in total. The van der Waals surface area contributed by atoms with Crippen LogP contribution in [0.5, 0.6) is 0 Å². The Kier molecular flexibility index (Phi) is 3.39. The van der Waals surface area contributed by atoms with E-state index in [1.54, 1.807) is 30.2 Å². The van der Waals surface area contributed by atoms with E-state index in [1.807, 2.05) is 30.5 Å². The van der Waals surface area contributed by atoms with Gasteiger partial charge in [-0.1, -0.05) is 12.1 Å². The van der Waals surface area contributed by atoms with Crippen LogP contribution in [0.3, 0.4) is 0 Å². The van der Waals surface area contributed by atoms with Crippen LogP contribution in [0.15, 0.2) is 47.6 Å². The van der Waals surface area contributed by atoms with Gasteiger partial charge in [-0.05, 0) is 24.5 Å². The molecule has 1 aromatic carbocycles. The molecule has 5 nitrogen and oxygen atoms in total. The summed E-state index contributed by atoms with van der Waals surface area (Å²) in [5.41, 5.74) is 2.01. The van der Waals surface area contributed by atoms with E-state index in [0.29, 0.717) is 16.9 Å². The lowest BCUT2D eigenvalue weighted by atomic mass is 10.2. The van der Waals surface area contributed by atoms with E-state index in [1.165, 1.54) is 0 Å². The van der Waals surface area contributed by atoms with Crippen molar-refractivity contribution in [3.05, 3.63) is 48.3 Å². The fraction of sp³-hybridized carbons (Fsp3) is 0.0714. The van der Waals surface area contributed by atoms with Crippen LogP contribution in [0, 0.1) is 0 Å². The van der Waals surface area contributed by atoms with Gasteiger partial charge in [0.2, 0.25) is 0 Å². The first-order valence-corrected chi connectivity index (χ1v) is 7.24. The van der Waals surface area contributed by atoms with E-state index in [9.17, 15) is 4.79 Å². The minimum absolute atomic E-state index is 0.136. The molecule has 0 fully saturated rings. The van der Waals surface area contributed by atoms with Crippen molar-refractivity contribution in [1.82, 2.24) is 15.2 Å². The Morgan fingerprint density at radius 3 is 3.00 bits per heavy atom. The number of thioether (sulfide) groups is 1. The van der Waals surface area contributed by atoms with Crippen LogP contribution < -0.4 is 5.32 Å². The minimum atomic E-state index is -0.136. The standard InChI is InChI=1S/C14H12N4OS/c1-20-12-5-3-2-4-9(12)14(19)17-11-6-7-15-13-10(11)8-16-18-13/h2-8H,1H3,(H2,15,16,17,18,19). The van der Waals surface area contributed by atoms with Gasteiger partial charge in [0.05, 0.1) is 22.8 Å². The number of aromatic nitrogens is 3. The monoisotopic (exact) mass is 284 g/mol. The van der Waals surface area contributed by atoms with Crippen LogP contribution in [-0.4, -0.2) is 27.3 Å². The Morgan fingerprint density at radius 1 is 1.30 bits per heavy atom. The number of anilines is 1. The quantitative estimate of drug-likeness (QED) is 0.725. The maximum absolute atomic E-state index is 12.4. The Morgan fingerprint density at radius 2 is 2.15 bits per heavy atom. The van der Waals surface area contributed by atoms with Gasteiger partial charge in [0.15, 0.2) is 5.65 Å². The molecule has 0 saturated carbocycles. The maximum atomic E-state index is 12.4. The zero-order valence-corrected chi connectivity index (χ0v) is 11.6. The molecular weight excluding hydrogens is 272 g/mol. The van der Waals surface area contributed by atoms with Gasteiger partial charge in [0.1, 0.15) is 0 Å². The third kappa shape index (κ3) is 2.25. The zero-order valence-electron chi connectivity index (χ0n) is 10.8. The van der Waals surface area contributed by atoms with Gasteiger partial charge in [-0.2, -0.15) is 5.10 Å². The summed E-state index contributed by atoms with van der Waals surface area (Å²) in [7, 11) is 0. The van der Waals surface area contributed by atoms with Crippen molar-refractivity contribution in [2.75, 3.05) is 11.6 Å². The molecule has 20 heavy (non-hydrogen) atoms. The van der Waals surface area contributed by atoms with E-state index in [2.05, 4.69) is 20.5 Å². The second-order valence-electron chi connectivity index (χ2n) is 4.15. The average molecular weight is 284 g/mol. The van der Waals surface area contributed by atoms with E-state index in [-0.39, 0.29) is 5.91 Å². The number of hydrogen-bond donors (Lipinski definition) is 2. The summed E-state index contributed by atoms with van der Waals surface area (Å²) in [6.45, 7) is 0. The molecule has 3 aromatic rings. The second kappa shape index (κ2) is 5.34. The largest absolute Gasteiger partial charge is 0.321 e. The summed E-state index contributed by atoms with van der Waals surface area (Å²) < 4.78 is 0. The van der Waals surface area contributed by atoms with Crippen molar-refractivity contribution in [3.63, 3.8) is 0 Å². The molecule has 0 atom stereocenters.